The first-order chi connectivity index (χ1) is 10.1. The maximum Gasteiger partial charge on any atom is 0.240 e. The third kappa shape index (κ3) is 5.53. The molecule has 0 bridgehead atoms. The Morgan fingerprint density at radius 2 is 1.95 bits per heavy atom. The summed E-state index contributed by atoms with van der Waals surface area (Å²) in [7, 11) is -3.53. The molecule has 1 aromatic carbocycles. The van der Waals surface area contributed by atoms with Gasteiger partial charge in [0.15, 0.2) is 0 Å². The highest BCUT2D eigenvalue weighted by molar-refractivity contribution is 7.98. The van der Waals surface area contributed by atoms with Crippen molar-refractivity contribution in [3.05, 3.63) is 24.3 Å². The number of nitrogens with zero attached hydrogens (tertiary/aromatic N) is 1. The lowest BCUT2D eigenvalue weighted by atomic mass is 10.1. The van der Waals surface area contributed by atoms with Gasteiger partial charge in [0, 0.05) is 10.9 Å². The Bertz CT molecular complexity index is 615. The van der Waals surface area contributed by atoms with Crippen LogP contribution in [0.4, 0.5) is 5.69 Å². The number of carbonyl (C=O) groups is 1. The number of nitrogens with one attached hydrogen (secondary N) is 1. The molecule has 0 aromatic heterocycles. The number of anilines is 1. The molecule has 0 saturated carbocycles. The van der Waals surface area contributed by atoms with Crippen LogP contribution in [0.15, 0.2) is 29.2 Å². The van der Waals surface area contributed by atoms with Crippen LogP contribution in [0.3, 0.4) is 0 Å². The highest BCUT2D eigenvalue weighted by atomic mass is 32.2. The first-order valence-corrected chi connectivity index (χ1v) is 10.1. The van der Waals surface area contributed by atoms with Gasteiger partial charge in [-0.1, -0.05) is 19.9 Å². The standard InChI is InChI=1S/C15H24N2O3S2/c1-11(2)12(3)16-15(18)10-17(22(5,19)20)13-7-6-8-14(9-13)21-4/h6-9,11-12H,10H2,1-5H3,(H,16,18)/t12-/m1/s1. The number of hydrogen-bond acceptors (Lipinski definition) is 4. The number of sulfonamides is 1. The Labute approximate surface area is 137 Å². The summed E-state index contributed by atoms with van der Waals surface area (Å²) in [6.07, 6.45) is 3.03. The number of hydrogen-bond donors (Lipinski definition) is 1. The fourth-order valence-corrected chi connectivity index (χ4v) is 3.06. The Hall–Kier alpha value is -1.21. The van der Waals surface area contributed by atoms with E-state index in [0.717, 1.165) is 15.5 Å². The monoisotopic (exact) mass is 344 g/mol. The van der Waals surface area contributed by atoms with E-state index in [4.69, 9.17) is 0 Å². The Balaban J connectivity index is 2.98. The average molecular weight is 345 g/mol. The van der Waals surface area contributed by atoms with E-state index in [1.807, 2.05) is 33.1 Å². The fraction of sp³-hybridized carbons (Fsp3) is 0.533. The van der Waals surface area contributed by atoms with E-state index in [9.17, 15) is 13.2 Å². The normalized spacial score (nSPS) is 13.0. The van der Waals surface area contributed by atoms with Crippen molar-refractivity contribution < 1.29 is 13.2 Å². The van der Waals surface area contributed by atoms with Crippen molar-refractivity contribution in [3.63, 3.8) is 0 Å². The highest BCUT2D eigenvalue weighted by Crippen LogP contribution is 2.23. The van der Waals surface area contributed by atoms with Gasteiger partial charge in [-0.2, -0.15) is 0 Å². The van der Waals surface area contributed by atoms with E-state index in [2.05, 4.69) is 5.32 Å². The van der Waals surface area contributed by atoms with Gasteiger partial charge in [-0.15, -0.1) is 11.8 Å². The third-order valence-electron chi connectivity index (χ3n) is 3.42. The van der Waals surface area contributed by atoms with Gasteiger partial charge in [-0.05, 0) is 37.3 Å². The van der Waals surface area contributed by atoms with Crippen molar-refractivity contribution in [1.82, 2.24) is 5.32 Å². The van der Waals surface area contributed by atoms with Crippen LogP contribution in [-0.4, -0.2) is 39.4 Å². The summed E-state index contributed by atoms with van der Waals surface area (Å²) in [5.41, 5.74) is 0.502. The second-order valence-corrected chi connectivity index (χ2v) is 8.36. The fourth-order valence-electron chi connectivity index (χ4n) is 1.76. The van der Waals surface area contributed by atoms with Crippen LogP contribution in [0, 0.1) is 5.92 Å². The lowest BCUT2D eigenvalue weighted by Gasteiger charge is -2.24. The van der Waals surface area contributed by atoms with Gasteiger partial charge in [0.1, 0.15) is 6.54 Å². The van der Waals surface area contributed by atoms with E-state index in [-0.39, 0.29) is 24.4 Å². The maximum atomic E-state index is 12.1. The molecule has 1 aromatic rings. The smallest absolute Gasteiger partial charge is 0.240 e. The zero-order valence-electron chi connectivity index (χ0n) is 13.7. The Kier molecular flexibility index (Phi) is 6.74. The molecule has 1 rings (SSSR count). The van der Waals surface area contributed by atoms with Gasteiger partial charge < -0.3 is 5.32 Å². The number of thioether (sulfide) groups is 1. The molecule has 0 heterocycles. The lowest BCUT2D eigenvalue weighted by Crippen LogP contribution is -2.44. The number of rotatable bonds is 7. The summed E-state index contributed by atoms with van der Waals surface area (Å²) in [5.74, 6) is -0.0170. The predicted molar refractivity (Wildman–Crippen MR) is 92.9 cm³/mol. The molecule has 0 radical (unpaired) electrons. The second kappa shape index (κ2) is 7.87. The van der Waals surface area contributed by atoms with Crippen molar-refractivity contribution in [3.8, 4) is 0 Å². The molecule has 0 unspecified atom stereocenters. The van der Waals surface area contributed by atoms with Gasteiger partial charge >= 0.3 is 0 Å². The van der Waals surface area contributed by atoms with Crippen molar-refractivity contribution >= 4 is 33.4 Å². The molecule has 7 heteroatoms. The van der Waals surface area contributed by atoms with Gasteiger partial charge in [0.25, 0.3) is 0 Å². The molecule has 0 spiro atoms. The zero-order valence-corrected chi connectivity index (χ0v) is 15.3. The molecule has 0 fully saturated rings. The zero-order chi connectivity index (χ0) is 16.9. The van der Waals surface area contributed by atoms with E-state index in [1.54, 1.807) is 18.2 Å². The van der Waals surface area contributed by atoms with Crippen LogP contribution in [0.5, 0.6) is 0 Å². The van der Waals surface area contributed by atoms with Crippen LogP contribution in [-0.2, 0) is 14.8 Å². The molecule has 0 saturated heterocycles. The predicted octanol–water partition coefficient (Wildman–Crippen LogP) is 2.34. The van der Waals surface area contributed by atoms with Gasteiger partial charge in [0.2, 0.25) is 15.9 Å². The first-order valence-electron chi connectivity index (χ1n) is 7.06. The molecule has 1 N–H and O–H groups in total. The van der Waals surface area contributed by atoms with E-state index >= 15 is 0 Å². The molecule has 22 heavy (non-hydrogen) atoms. The van der Waals surface area contributed by atoms with Crippen molar-refractivity contribution in [2.45, 2.75) is 31.7 Å². The van der Waals surface area contributed by atoms with Crippen LogP contribution in [0.2, 0.25) is 0 Å². The van der Waals surface area contributed by atoms with Crippen LogP contribution < -0.4 is 9.62 Å². The lowest BCUT2D eigenvalue weighted by molar-refractivity contribution is -0.120. The minimum absolute atomic E-state index is 0.00792. The number of carbonyl (C=O) groups excluding carboxylic acids is 1. The summed E-state index contributed by atoms with van der Waals surface area (Å²) in [6, 6.07) is 7.14. The van der Waals surface area contributed by atoms with Crippen molar-refractivity contribution in [2.75, 3.05) is 23.4 Å². The quantitative estimate of drug-likeness (QED) is 0.771. The summed E-state index contributed by atoms with van der Waals surface area (Å²) in [5, 5.41) is 2.83. The van der Waals surface area contributed by atoms with Gasteiger partial charge in [0.05, 0.1) is 11.9 Å². The minimum atomic E-state index is -3.53. The number of benzene rings is 1. The largest absolute Gasteiger partial charge is 0.352 e. The van der Waals surface area contributed by atoms with Crippen LogP contribution >= 0.6 is 11.8 Å². The molecule has 0 aliphatic rings. The summed E-state index contributed by atoms with van der Waals surface area (Å²) >= 11 is 1.52. The summed E-state index contributed by atoms with van der Waals surface area (Å²) in [6.45, 7) is 5.69. The van der Waals surface area contributed by atoms with Crippen molar-refractivity contribution in [2.24, 2.45) is 5.92 Å². The molecule has 5 nitrogen and oxygen atoms in total. The molecule has 0 aliphatic heterocycles. The molecule has 0 aliphatic carbocycles. The number of amides is 1. The van der Waals surface area contributed by atoms with Gasteiger partial charge in [-0.3, -0.25) is 9.10 Å². The highest BCUT2D eigenvalue weighted by Gasteiger charge is 2.22. The average Bonchev–Trinajstić information content (AvgIpc) is 2.43. The second-order valence-electron chi connectivity index (χ2n) is 5.57. The molecular weight excluding hydrogens is 320 g/mol. The third-order valence-corrected chi connectivity index (χ3v) is 5.28. The van der Waals surface area contributed by atoms with E-state index < -0.39 is 10.0 Å². The maximum absolute atomic E-state index is 12.1. The molecule has 1 atom stereocenters. The van der Waals surface area contributed by atoms with E-state index in [0.29, 0.717) is 5.69 Å². The molecular formula is C15H24N2O3S2. The van der Waals surface area contributed by atoms with Crippen molar-refractivity contribution in [1.29, 1.82) is 0 Å². The van der Waals surface area contributed by atoms with E-state index in [1.165, 1.54) is 11.8 Å². The summed E-state index contributed by atoms with van der Waals surface area (Å²) < 4.78 is 25.2. The first kappa shape index (κ1) is 18.8. The topological polar surface area (TPSA) is 66.5 Å². The summed E-state index contributed by atoms with van der Waals surface area (Å²) in [4.78, 5) is 13.1. The molecule has 124 valence electrons. The van der Waals surface area contributed by atoms with Gasteiger partial charge in [-0.25, -0.2) is 8.42 Å². The molecule has 1 amide bonds. The van der Waals surface area contributed by atoms with Crippen LogP contribution in [0.25, 0.3) is 0 Å². The Morgan fingerprint density at radius 1 is 1.32 bits per heavy atom. The SMILES string of the molecule is CSc1cccc(N(CC(=O)N[C@H](C)C(C)C)S(C)(=O)=O)c1. The Morgan fingerprint density at radius 3 is 2.45 bits per heavy atom. The van der Waals surface area contributed by atoms with Crippen LogP contribution in [0.1, 0.15) is 20.8 Å². The minimum Gasteiger partial charge on any atom is -0.352 e.